The van der Waals surface area contributed by atoms with Gasteiger partial charge in [-0.2, -0.15) is 0 Å². The van der Waals surface area contributed by atoms with Gasteiger partial charge in [-0.25, -0.2) is 0 Å². The van der Waals surface area contributed by atoms with Crippen molar-refractivity contribution in [3.8, 4) is 5.75 Å². The lowest BCUT2D eigenvalue weighted by molar-refractivity contribution is -0.142. The summed E-state index contributed by atoms with van der Waals surface area (Å²) in [7, 11) is 1.56. The van der Waals surface area contributed by atoms with Crippen LogP contribution in [-0.2, 0) is 9.59 Å². The number of carbonyl (C=O) groups is 2. The number of hydrogen-bond donors (Lipinski definition) is 1. The predicted molar refractivity (Wildman–Crippen MR) is 103 cm³/mol. The van der Waals surface area contributed by atoms with Crippen molar-refractivity contribution in [1.82, 2.24) is 4.90 Å². The fraction of sp³-hybridized carbons (Fsp3) is 0.364. The van der Waals surface area contributed by atoms with Crippen LogP contribution >= 0.6 is 0 Å². The summed E-state index contributed by atoms with van der Waals surface area (Å²) in [6, 6.07) is 9.48. The van der Waals surface area contributed by atoms with Crippen LogP contribution in [0.2, 0.25) is 0 Å². The second-order valence-electron chi connectivity index (χ2n) is 7.24. The third-order valence-electron chi connectivity index (χ3n) is 5.62. The first-order valence-corrected chi connectivity index (χ1v) is 9.59. The van der Waals surface area contributed by atoms with Gasteiger partial charge < -0.3 is 19.2 Å². The van der Waals surface area contributed by atoms with Crippen LogP contribution in [0.25, 0.3) is 5.76 Å². The maximum absolute atomic E-state index is 12.9. The van der Waals surface area contributed by atoms with E-state index >= 15 is 0 Å². The standard InChI is InChI=1S/C22H23NO5/c1-27-16-11-9-14(10-12-16)20(24)18-19(17-8-5-13-28-17)23(22(26)21(18)25)15-6-3-2-4-7-15/h5,8-13,15,19,24H,2-4,6-7H2,1H3/b20-18-. The highest BCUT2D eigenvalue weighted by molar-refractivity contribution is 6.46. The van der Waals surface area contributed by atoms with Crippen LogP contribution in [0.1, 0.15) is 49.5 Å². The van der Waals surface area contributed by atoms with Crippen LogP contribution in [0.5, 0.6) is 5.75 Å². The lowest BCUT2D eigenvalue weighted by Gasteiger charge is -2.34. The van der Waals surface area contributed by atoms with Crippen LogP contribution in [0.3, 0.4) is 0 Å². The molecule has 1 N–H and O–H groups in total. The maximum atomic E-state index is 12.9. The van der Waals surface area contributed by atoms with E-state index in [1.165, 1.54) is 6.26 Å². The molecule has 1 unspecified atom stereocenters. The largest absolute Gasteiger partial charge is 0.507 e. The summed E-state index contributed by atoms with van der Waals surface area (Å²) in [6.07, 6.45) is 6.41. The molecule has 1 aromatic carbocycles. The molecule has 1 aliphatic carbocycles. The highest BCUT2D eigenvalue weighted by atomic mass is 16.5. The molecule has 1 aromatic heterocycles. The average Bonchev–Trinajstić information content (AvgIpc) is 3.35. The van der Waals surface area contributed by atoms with Crippen molar-refractivity contribution in [3.63, 3.8) is 0 Å². The third-order valence-corrected chi connectivity index (χ3v) is 5.62. The van der Waals surface area contributed by atoms with E-state index in [2.05, 4.69) is 0 Å². The fourth-order valence-electron chi connectivity index (χ4n) is 4.22. The zero-order chi connectivity index (χ0) is 19.7. The number of likely N-dealkylation sites (tertiary alicyclic amines) is 1. The van der Waals surface area contributed by atoms with Crippen molar-refractivity contribution >= 4 is 17.4 Å². The molecule has 2 fully saturated rings. The topological polar surface area (TPSA) is 80.0 Å². The number of carbonyl (C=O) groups excluding carboxylic acids is 2. The Bertz CT molecular complexity index is 892. The zero-order valence-electron chi connectivity index (χ0n) is 15.8. The molecule has 1 saturated heterocycles. The van der Waals surface area contributed by atoms with Gasteiger partial charge in [-0.1, -0.05) is 19.3 Å². The number of hydrogen-bond acceptors (Lipinski definition) is 5. The molecule has 1 amide bonds. The van der Waals surface area contributed by atoms with Gasteiger partial charge in [0.2, 0.25) is 0 Å². The summed E-state index contributed by atoms with van der Waals surface area (Å²) in [5, 5.41) is 11.0. The smallest absolute Gasteiger partial charge is 0.296 e. The van der Waals surface area contributed by atoms with Gasteiger partial charge in [-0.15, -0.1) is 0 Å². The van der Waals surface area contributed by atoms with Crippen molar-refractivity contribution in [3.05, 3.63) is 59.6 Å². The van der Waals surface area contributed by atoms with E-state index in [0.717, 1.165) is 32.1 Å². The molecule has 28 heavy (non-hydrogen) atoms. The monoisotopic (exact) mass is 381 g/mol. The van der Waals surface area contributed by atoms with Gasteiger partial charge in [0.1, 0.15) is 23.3 Å². The Hall–Kier alpha value is -3.02. The van der Waals surface area contributed by atoms with Crippen LogP contribution in [-0.4, -0.2) is 34.8 Å². The molecule has 146 valence electrons. The molecule has 1 saturated carbocycles. The lowest BCUT2D eigenvalue weighted by Crippen LogP contribution is -2.40. The van der Waals surface area contributed by atoms with Gasteiger partial charge >= 0.3 is 0 Å². The minimum Gasteiger partial charge on any atom is -0.507 e. The van der Waals surface area contributed by atoms with E-state index in [4.69, 9.17) is 9.15 Å². The molecular weight excluding hydrogens is 358 g/mol. The van der Waals surface area contributed by atoms with Crippen LogP contribution in [0, 0.1) is 0 Å². The molecule has 0 bridgehead atoms. The first kappa shape index (κ1) is 18.3. The number of rotatable bonds is 4. The zero-order valence-corrected chi connectivity index (χ0v) is 15.8. The second-order valence-corrected chi connectivity index (χ2v) is 7.24. The Balaban J connectivity index is 1.81. The first-order chi connectivity index (χ1) is 13.6. The Morgan fingerprint density at radius 1 is 1.11 bits per heavy atom. The first-order valence-electron chi connectivity index (χ1n) is 9.59. The molecule has 6 nitrogen and oxygen atoms in total. The number of amides is 1. The summed E-state index contributed by atoms with van der Waals surface area (Å²) in [4.78, 5) is 27.5. The Labute approximate surface area is 163 Å². The number of ketones is 1. The molecule has 2 heterocycles. The van der Waals surface area contributed by atoms with Crippen LogP contribution in [0.4, 0.5) is 0 Å². The number of aliphatic hydroxyl groups is 1. The predicted octanol–water partition coefficient (Wildman–Crippen LogP) is 4.04. The van der Waals surface area contributed by atoms with Crippen LogP contribution < -0.4 is 4.74 Å². The van der Waals surface area contributed by atoms with Crippen molar-refractivity contribution in [2.45, 2.75) is 44.2 Å². The van der Waals surface area contributed by atoms with Crippen LogP contribution in [0.15, 0.2) is 52.7 Å². The van der Waals surface area contributed by atoms with E-state index in [9.17, 15) is 14.7 Å². The second kappa shape index (κ2) is 7.54. The molecule has 6 heteroatoms. The minimum absolute atomic E-state index is 0.0264. The van der Waals surface area contributed by atoms with Gasteiger partial charge in [-0.3, -0.25) is 9.59 Å². The lowest BCUT2D eigenvalue weighted by atomic mass is 9.92. The highest BCUT2D eigenvalue weighted by Crippen LogP contribution is 2.43. The molecule has 4 rings (SSSR count). The molecule has 1 aliphatic heterocycles. The van der Waals surface area contributed by atoms with Crippen molar-refractivity contribution in [1.29, 1.82) is 0 Å². The van der Waals surface area contributed by atoms with E-state index in [1.807, 2.05) is 0 Å². The molecule has 0 radical (unpaired) electrons. The van der Waals surface area contributed by atoms with E-state index in [-0.39, 0.29) is 17.4 Å². The fourth-order valence-corrected chi connectivity index (χ4v) is 4.22. The Kier molecular flexibility index (Phi) is 4.94. The van der Waals surface area contributed by atoms with Gasteiger partial charge in [0, 0.05) is 11.6 Å². The number of nitrogens with zero attached hydrogens (tertiary/aromatic N) is 1. The highest BCUT2D eigenvalue weighted by Gasteiger charge is 2.50. The van der Waals surface area contributed by atoms with Gasteiger partial charge in [0.15, 0.2) is 0 Å². The van der Waals surface area contributed by atoms with Gasteiger partial charge in [0.25, 0.3) is 11.7 Å². The summed E-state index contributed by atoms with van der Waals surface area (Å²) < 4.78 is 10.7. The quantitative estimate of drug-likeness (QED) is 0.491. The normalized spacial score (nSPS) is 22.6. The summed E-state index contributed by atoms with van der Waals surface area (Å²) in [6.45, 7) is 0. The third kappa shape index (κ3) is 3.09. The molecule has 2 aromatic rings. The number of aliphatic hydroxyl groups excluding tert-OH is 1. The van der Waals surface area contributed by atoms with Crippen molar-refractivity contribution in [2.75, 3.05) is 7.11 Å². The van der Waals surface area contributed by atoms with Crippen molar-refractivity contribution in [2.24, 2.45) is 0 Å². The molecular formula is C22H23NO5. The SMILES string of the molecule is COc1ccc(/C(O)=C2/C(=O)C(=O)N(C3CCCCC3)C2c2ccco2)cc1. The molecule has 1 atom stereocenters. The van der Waals surface area contributed by atoms with E-state index in [0.29, 0.717) is 17.1 Å². The summed E-state index contributed by atoms with van der Waals surface area (Å²) in [5.74, 6) is -0.300. The number of furan rings is 1. The summed E-state index contributed by atoms with van der Waals surface area (Å²) >= 11 is 0. The molecule has 2 aliphatic rings. The minimum atomic E-state index is -0.708. The number of methoxy groups -OCH3 is 1. The van der Waals surface area contributed by atoms with E-state index in [1.54, 1.807) is 48.4 Å². The maximum Gasteiger partial charge on any atom is 0.296 e. The summed E-state index contributed by atoms with van der Waals surface area (Å²) in [5.41, 5.74) is 0.537. The van der Waals surface area contributed by atoms with E-state index < -0.39 is 17.7 Å². The number of benzene rings is 1. The number of ether oxygens (including phenoxy) is 1. The van der Waals surface area contributed by atoms with Gasteiger partial charge in [-0.05, 0) is 49.2 Å². The van der Waals surface area contributed by atoms with Crippen molar-refractivity contribution < 1.29 is 23.8 Å². The Morgan fingerprint density at radius 2 is 1.82 bits per heavy atom. The number of Topliss-reactive ketones (excluding diaryl/α,β-unsaturated/α-hetero) is 1. The van der Waals surface area contributed by atoms with Gasteiger partial charge in [0.05, 0.1) is 18.9 Å². The Morgan fingerprint density at radius 3 is 2.43 bits per heavy atom. The average molecular weight is 381 g/mol. The molecule has 0 spiro atoms.